The second-order valence-electron chi connectivity index (χ2n) is 5.59. The summed E-state index contributed by atoms with van der Waals surface area (Å²) < 4.78 is 5.49. The molecule has 0 saturated heterocycles. The fraction of sp³-hybridized carbons (Fsp3) is 0.846. The van der Waals surface area contributed by atoms with E-state index in [0.717, 1.165) is 13.0 Å². The van der Waals surface area contributed by atoms with Crippen molar-refractivity contribution in [2.24, 2.45) is 0 Å². The number of hydrogen-bond donors (Lipinski definition) is 2. The summed E-state index contributed by atoms with van der Waals surface area (Å²) in [6.07, 6.45) is 4.93. The number of rotatable bonds is 8. The van der Waals surface area contributed by atoms with E-state index in [1.54, 1.807) is 0 Å². The molecule has 2 N–H and O–H groups in total. The average Bonchev–Trinajstić information content (AvgIpc) is 2.73. The van der Waals surface area contributed by atoms with Crippen LogP contribution >= 0.6 is 0 Å². The van der Waals surface area contributed by atoms with Gasteiger partial charge in [-0.2, -0.15) is 0 Å². The summed E-state index contributed by atoms with van der Waals surface area (Å²) in [4.78, 5) is 0. The highest BCUT2D eigenvalue weighted by molar-refractivity contribution is 5.16. The van der Waals surface area contributed by atoms with Gasteiger partial charge in [0, 0.05) is 12.1 Å². The molecule has 0 radical (unpaired) electrons. The molecule has 0 aromatic carbocycles. The summed E-state index contributed by atoms with van der Waals surface area (Å²) in [5.41, 5.74) is 0.0578. The molecule has 18 heavy (non-hydrogen) atoms. The number of aromatic nitrogens is 2. The second kappa shape index (κ2) is 7.36. The Balaban J connectivity index is 2.22. The predicted molar refractivity (Wildman–Crippen MR) is 73.5 cm³/mol. The Morgan fingerprint density at radius 3 is 2.56 bits per heavy atom. The highest BCUT2D eigenvalue weighted by Gasteiger charge is 2.11. The van der Waals surface area contributed by atoms with Crippen LogP contribution in [0.1, 0.15) is 59.3 Å². The van der Waals surface area contributed by atoms with Crippen LogP contribution in [0.25, 0.3) is 0 Å². The number of unbranched alkanes of at least 4 members (excludes halogenated alkanes) is 3. The molecule has 0 fully saturated rings. The summed E-state index contributed by atoms with van der Waals surface area (Å²) in [6, 6.07) is 0.525. The van der Waals surface area contributed by atoms with Crippen molar-refractivity contribution in [3.05, 3.63) is 5.89 Å². The van der Waals surface area contributed by atoms with E-state index in [4.69, 9.17) is 4.42 Å². The lowest BCUT2D eigenvalue weighted by atomic mass is 10.1. The Hall–Kier alpha value is -1.10. The second-order valence-corrected chi connectivity index (χ2v) is 5.59. The van der Waals surface area contributed by atoms with Gasteiger partial charge in [-0.3, -0.25) is 0 Å². The molecule has 5 heteroatoms. The van der Waals surface area contributed by atoms with E-state index in [0.29, 0.717) is 18.5 Å². The van der Waals surface area contributed by atoms with Crippen LogP contribution in [-0.4, -0.2) is 22.3 Å². The first kappa shape index (κ1) is 15.0. The normalized spacial score (nSPS) is 11.8. The molecule has 104 valence electrons. The lowest BCUT2D eigenvalue weighted by molar-refractivity contribution is 0.383. The maximum Gasteiger partial charge on any atom is 0.315 e. The molecule has 0 spiro atoms. The first-order valence-electron chi connectivity index (χ1n) is 6.82. The van der Waals surface area contributed by atoms with Crippen molar-refractivity contribution in [3.63, 3.8) is 0 Å². The molecule has 0 bridgehead atoms. The molecule has 0 atom stereocenters. The van der Waals surface area contributed by atoms with Gasteiger partial charge in [0.25, 0.3) is 0 Å². The van der Waals surface area contributed by atoms with Crippen LogP contribution in [0.5, 0.6) is 0 Å². The SMILES string of the molecule is CCCCCCNc1nnc(CNC(C)(C)C)o1. The zero-order chi connectivity index (χ0) is 13.4. The van der Waals surface area contributed by atoms with E-state index >= 15 is 0 Å². The van der Waals surface area contributed by atoms with Gasteiger partial charge in [0.1, 0.15) is 0 Å². The lowest BCUT2D eigenvalue weighted by Crippen LogP contribution is -2.35. The van der Waals surface area contributed by atoms with Crippen LogP contribution in [-0.2, 0) is 6.54 Å². The number of anilines is 1. The molecular formula is C13H26N4O. The van der Waals surface area contributed by atoms with E-state index < -0.39 is 0 Å². The van der Waals surface area contributed by atoms with E-state index in [1.807, 2.05) is 0 Å². The minimum Gasteiger partial charge on any atom is -0.407 e. The summed E-state index contributed by atoms with van der Waals surface area (Å²) in [7, 11) is 0. The number of nitrogens with one attached hydrogen (secondary N) is 2. The van der Waals surface area contributed by atoms with Crippen LogP contribution in [0.4, 0.5) is 6.01 Å². The number of hydrogen-bond acceptors (Lipinski definition) is 5. The molecule has 1 rings (SSSR count). The highest BCUT2D eigenvalue weighted by Crippen LogP contribution is 2.08. The fourth-order valence-corrected chi connectivity index (χ4v) is 1.48. The summed E-state index contributed by atoms with van der Waals surface area (Å²) in [6.45, 7) is 10.0. The van der Waals surface area contributed by atoms with Gasteiger partial charge in [0.05, 0.1) is 6.54 Å². The third kappa shape index (κ3) is 6.59. The minimum absolute atomic E-state index is 0.0578. The van der Waals surface area contributed by atoms with Crippen LogP contribution in [0.15, 0.2) is 4.42 Å². The van der Waals surface area contributed by atoms with Crippen LogP contribution in [0, 0.1) is 0 Å². The quantitative estimate of drug-likeness (QED) is 0.698. The first-order chi connectivity index (χ1) is 8.51. The van der Waals surface area contributed by atoms with Gasteiger partial charge in [0.15, 0.2) is 0 Å². The average molecular weight is 254 g/mol. The van der Waals surface area contributed by atoms with E-state index in [9.17, 15) is 0 Å². The monoisotopic (exact) mass is 254 g/mol. The van der Waals surface area contributed by atoms with Crippen molar-refractivity contribution in [2.75, 3.05) is 11.9 Å². The Labute approximate surface area is 110 Å². The van der Waals surface area contributed by atoms with Crippen molar-refractivity contribution in [3.8, 4) is 0 Å². The molecule has 1 heterocycles. The Morgan fingerprint density at radius 1 is 1.11 bits per heavy atom. The third-order valence-electron chi connectivity index (χ3n) is 2.54. The van der Waals surface area contributed by atoms with Crippen molar-refractivity contribution < 1.29 is 4.42 Å². The Bertz CT molecular complexity index is 330. The zero-order valence-corrected chi connectivity index (χ0v) is 12.0. The van der Waals surface area contributed by atoms with Gasteiger partial charge in [0.2, 0.25) is 5.89 Å². The largest absolute Gasteiger partial charge is 0.407 e. The molecular weight excluding hydrogens is 228 g/mol. The standard InChI is InChI=1S/C13H26N4O/c1-5-6-7-8-9-14-12-17-16-11(18-12)10-15-13(2,3)4/h15H,5-10H2,1-4H3,(H,14,17). The molecule has 1 aromatic rings. The molecule has 0 aliphatic heterocycles. The van der Waals surface area contributed by atoms with Crippen molar-refractivity contribution in [2.45, 2.75) is 65.5 Å². The van der Waals surface area contributed by atoms with Gasteiger partial charge in [-0.1, -0.05) is 31.3 Å². The molecule has 0 unspecified atom stereocenters. The maximum absolute atomic E-state index is 5.49. The van der Waals surface area contributed by atoms with E-state index in [2.05, 4.69) is 48.5 Å². The molecule has 0 amide bonds. The Kier molecular flexibility index (Phi) is 6.12. The lowest BCUT2D eigenvalue weighted by Gasteiger charge is -2.18. The minimum atomic E-state index is 0.0578. The summed E-state index contributed by atoms with van der Waals surface area (Å²) in [5, 5.41) is 14.4. The third-order valence-corrected chi connectivity index (χ3v) is 2.54. The summed E-state index contributed by atoms with van der Waals surface area (Å²) >= 11 is 0. The Morgan fingerprint density at radius 2 is 1.89 bits per heavy atom. The zero-order valence-electron chi connectivity index (χ0n) is 12.0. The maximum atomic E-state index is 5.49. The van der Waals surface area contributed by atoms with E-state index in [-0.39, 0.29) is 5.54 Å². The molecule has 1 aromatic heterocycles. The van der Waals surface area contributed by atoms with Crippen LogP contribution in [0.2, 0.25) is 0 Å². The van der Waals surface area contributed by atoms with Gasteiger partial charge < -0.3 is 15.1 Å². The van der Waals surface area contributed by atoms with Crippen molar-refractivity contribution in [1.29, 1.82) is 0 Å². The van der Waals surface area contributed by atoms with E-state index in [1.165, 1.54) is 19.3 Å². The smallest absolute Gasteiger partial charge is 0.315 e. The van der Waals surface area contributed by atoms with Gasteiger partial charge in [-0.25, -0.2) is 0 Å². The van der Waals surface area contributed by atoms with Crippen molar-refractivity contribution >= 4 is 6.01 Å². The summed E-state index contributed by atoms with van der Waals surface area (Å²) in [5.74, 6) is 0.626. The molecule has 5 nitrogen and oxygen atoms in total. The molecule has 0 aliphatic carbocycles. The topological polar surface area (TPSA) is 63.0 Å². The fourth-order valence-electron chi connectivity index (χ4n) is 1.48. The van der Waals surface area contributed by atoms with Gasteiger partial charge in [-0.05, 0) is 27.2 Å². The van der Waals surface area contributed by atoms with Crippen molar-refractivity contribution in [1.82, 2.24) is 15.5 Å². The van der Waals surface area contributed by atoms with Gasteiger partial charge >= 0.3 is 6.01 Å². The molecule has 0 saturated carbocycles. The van der Waals surface area contributed by atoms with Crippen LogP contribution < -0.4 is 10.6 Å². The number of nitrogens with zero attached hydrogens (tertiary/aromatic N) is 2. The highest BCUT2D eigenvalue weighted by atomic mass is 16.4. The van der Waals surface area contributed by atoms with Gasteiger partial charge in [-0.15, -0.1) is 5.10 Å². The van der Waals surface area contributed by atoms with Crippen LogP contribution in [0.3, 0.4) is 0 Å². The predicted octanol–water partition coefficient (Wildman–Crippen LogP) is 2.95. The first-order valence-corrected chi connectivity index (χ1v) is 6.82. The molecule has 0 aliphatic rings.